The molecule has 0 saturated carbocycles. The van der Waals surface area contributed by atoms with Crippen LogP contribution in [0.1, 0.15) is 18.1 Å². The molecular formula is C22H23ClN4O4. The van der Waals surface area contributed by atoms with Crippen molar-refractivity contribution in [1.82, 2.24) is 15.1 Å². The molecule has 1 unspecified atom stereocenters. The van der Waals surface area contributed by atoms with Gasteiger partial charge in [-0.15, -0.1) is 0 Å². The second-order valence-electron chi connectivity index (χ2n) is 7.54. The number of halogens is 1. The summed E-state index contributed by atoms with van der Waals surface area (Å²) in [5.74, 6) is -1.52. The Kier molecular flexibility index (Phi) is 6.31. The van der Waals surface area contributed by atoms with Gasteiger partial charge in [0, 0.05) is 7.05 Å². The lowest BCUT2D eigenvalue weighted by molar-refractivity contribution is -0.139. The zero-order valence-corrected chi connectivity index (χ0v) is 18.2. The fourth-order valence-electron chi connectivity index (χ4n) is 3.47. The molecule has 0 radical (unpaired) electrons. The average molecular weight is 443 g/mol. The van der Waals surface area contributed by atoms with Crippen molar-refractivity contribution in [2.75, 3.05) is 25.5 Å². The fraction of sp³-hybridized carbons (Fsp3) is 0.273. The number of hydrogen-bond donors (Lipinski definition) is 2. The first-order valence-electron chi connectivity index (χ1n) is 9.62. The number of hydrogen-bond acceptors (Lipinski definition) is 4. The number of anilines is 1. The van der Waals surface area contributed by atoms with Crippen molar-refractivity contribution in [1.29, 1.82) is 0 Å². The van der Waals surface area contributed by atoms with Crippen LogP contribution in [0.3, 0.4) is 0 Å². The van der Waals surface area contributed by atoms with Gasteiger partial charge in [-0.25, -0.2) is 4.79 Å². The molecule has 0 aromatic heterocycles. The van der Waals surface area contributed by atoms with E-state index in [4.69, 9.17) is 11.6 Å². The summed E-state index contributed by atoms with van der Waals surface area (Å²) in [5.41, 5.74) is 0.678. The lowest BCUT2D eigenvalue weighted by Crippen LogP contribution is -2.45. The normalized spacial score (nSPS) is 18.0. The smallest absolute Gasteiger partial charge is 0.325 e. The third-order valence-electron chi connectivity index (χ3n) is 5.21. The van der Waals surface area contributed by atoms with E-state index in [1.165, 1.54) is 7.05 Å². The van der Waals surface area contributed by atoms with Crippen LogP contribution < -0.4 is 10.6 Å². The maximum absolute atomic E-state index is 13.0. The number of carbonyl (C=O) groups excluding carboxylic acids is 4. The highest BCUT2D eigenvalue weighted by molar-refractivity contribution is 6.33. The van der Waals surface area contributed by atoms with Crippen LogP contribution >= 0.6 is 11.6 Å². The van der Waals surface area contributed by atoms with Crippen molar-refractivity contribution in [2.45, 2.75) is 19.4 Å². The molecule has 9 heteroatoms. The molecule has 3 rings (SSSR count). The molecular weight excluding hydrogens is 420 g/mol. The van der Waals surface area contributed by atoms with Gasteiger partial charge in [-0.05, 0) is 37.1 Å². The molecule has 1 atom stereocenters. The van der Waals surface area contributed by atoms with Gasteiger partial charge in [0.25, 0.3) is 5.91 Å². The third-order valence-corrected chi connectivity index (χ3v) is 5.54. The maximum atomic E-state index is 13.0. The Hall–Kier alpha value is -3.39. The Balaban J connectivity index is 1.65. The van der Waals surface area contributed by atoms with Crippen molar-refractivity contribution in [2.24, 2.45) is 0 Å². The fourth-order valence-corrected chi connectivity index (χ4v) is 3.65. The third kappa shape index (κ3) is 4.54. The SMILES string of the molecule is Cc1ccccc1C1(C)NC(=O)N(CC(=O)N(C)CC(=O)Nc2ccccc2Cl)C1=O. The summed E-state index contributed by atoms with van der Waals surface area (Å²) in [6.07, 6.45) is 0. The van der Waals surface area contributed by atoms with Crippen LogP contribution in [0.15, 0.2) is 48.5 Å². The molecule has 1 aliphatic heterocycles. The topological polar surface area (TPSA) is 98.8 Å². The van der Waals surface area contributed by atoms with Crippen LogP contribution in [-0.2, 0) is 19.9 Å². The zero-order chi connectivity index (χ0) is 22.8. The molecule has 2 aromatic rings. The summed E-state index contributed by atoms with van der Waals surface area (Å²) < 4.78 is 0. The van der Waals surface area contributed by atoms with Crippen LogP contribution in [0, 0.1) is 6.92 Å². The van der Waals surface area contributed by atoms with Gasteiger partial charge in [0.2, 0.25) is 11.8 Å². The molecule has 2 aromatic carbocycles. The van der Waals surface area contributed by atoms with Crippen molar-refractivity contribution >= 4 is 41.0 Å². The summed E-state index contributed by atoms with van der Waals surface area (Å²) in [5, 5.41) is 5.68. The Bertz CT molecular complexity index is 1060. The van der Waals surface area contributed by atoms with E-state index in [0.29, 0.717) is 16.3 Å². The zero-order valence-electron chi connectivity index (χ0n) is 17.4. The first-order chi connectivity index (χ1) is 14.6. The number of imide groups is 1. The van der Waals surface area contributed by atoms with E-state index in [2.05, 4.69) is 10.6 Å². The van der Waals surface area contributed by atoms with Crippen LogP contribution in [0.5, 0.6) is 0 Å². The number of likely N-dealkylation sites (N-methyl/N-ethyl adjacent to an activating group) is 1. The minimum Gasteiger partial charge on any atom is -0.335 e. The van der Waals surface area contributed by atoms with Gasteiger partial charge in [-0.1, -0.05) is 48.0 Å². The van der Waals surface area contributed by atoms with E-state index in [9.17, 15) is 19.2 Å². The Labute approximate surface area is 185 Å². The maximum Gasteiger partial charge on any atom is 0.325 e. The number of nitrogens with zero attached hydrogens (tertiary/aromatic N) is 2. The van der Waals surface area contributed by atoms with Crippen molar-refractivity contribution in [3.63, 3.8) is 0 Å². The van der Waals surface area contributed by atoms with Gasteiger partial charge in [0.05, 0.1) is 17.3 Å². The van der Waals surface area contributed by atoms with E-state index in [0.717, 1.165) is 15.4 Å². The van der Waals surface area contributed by atoms with E-state index in [1.54, 1.807) is 43.3 Å². The Morgan fingerprint density at radius 1 is 1.13 bits per heavy atom. The molecule has 0 bridgehead atoms. The van der Waals surface area contributed by atoms with Crippen LogP contribution in [0.4, 0.5) is 10.5 Å². The molecule has 2 N–H and O–H groups in total. The lowest BCUT2D eigenvalue weighted by Gasteiger charge is -2.24. The number of nitrogens with one attached hydrogen (secondary N) is 2. The second-order valence-corrected chi connectivity index (χ2v) is 7.95. The minimum atomic E-state index is -1.26. The van der Waals surface area contributed by atoms with Gasteiger partial charge >= 0.3 is 6.03 Å². The van der Waals surface area contributed by atoms with E-state index in [-0.39, 0.29) is 6.54 Å². The number of aryl methyl sites for hydroxylation is 1. The molecule has 1 heterocycles. The Morgan fingerprint density at radius 3 is 2.45 bits per heavy atom. The van der Waals surface area contributed by atoms with E-state index >= 15 is 0 Å². The van der Waals surface area contributed by atoms with Gasteiger partial charge in [-0.3, -0.25) is 19.3 Å². The number of urea groups is 1. The van der Waals surface area contributed by atoms with Gasteiger partial charge in [0.15, 0.2) is 0 Å². The predicted octanol–water partition coefficient (Wildman–Crippen LogP) is 2.51. The van der Waals surface area contributed by atoms with E-state index < -0.39 is 35.8 Å². The van der Waals surface area contributed by atoms with Crippen LogP contribution in [0.25, 0.3) is 0 Å². The number of carbonyl (C=O) groups is 4. The molecule has 8 nitrogen and oxygen atoms in total. The minimum absolute atomic E-state index is 0.261. The Morgan fingerprint density at radius 2 is 1.77 bits per heavy atom. The van der Waals surface area contributed by atoms with E-state index in [1.807, 2.05) is 19.1 Å². The summed E-state index contributed by atoms with van der Waals surface area (Å²) in [6.45, 7) is 2.73. The summed E-state index contributed by atoms with van der Waals surface area (Å²) in [7, 11) is 1.42. The molecule has 31 heavy (non-hydrogen) atoms. The highest BCUT2D eigenvalue weighted by atomic mass is 35.5. The first-order valence-corrected chi connectivity index (χ1v) is 10.00. The van der Waals surface area contributed by atoms with Crippen molar-refractivity contribution in [3.8, 4) is 0 Å². The largest absolute Gasteiger partial charge is 0.335 e. The number of rotatable bonds is 6. The number of amides is 5. The second kappa shape index (κ2) is 8.77. The van der Waals surface area contributed by atoms with Crippen molar-refractivity contribution < 1.29 is 19.2 Å². The molecule has 1 aliphatic rings. The van der Waals surface area contributed by atoms with Crippen LogP contribution in [-0.4, -0.2) is 53.7 Å². The standard InChI is InChI=1S/C22H23ClN4O4/c1-14-8-4-5-9-15(14)22(2)20(30)27(21(31)25-22)13-19(29)26(3)12-18(28)24-17-11-7-6-10-16(17)23/h4-11H,12-13H2,1-3H3,(H,24,28)(H,25,31). The predicted molar refractivity (Wildman–Crippen MR) is 116 cm³/mol. The number of benzene rings is 2. The average Bonchev–Trinajstić information content (AvgIpc) is 2.93. The quantitative estimate of drug-likeness (QED) is 0.671. The van der Waals surface area contributed by atoms with Gasteiger partial charge in [-0.2, -0.15) is 0 Å². The highest BCUT2D eigenvalue weighted by Gasteiger charge is 2.50. The molecule has 5 amide bonds. The summed E-state index contributed by atoms with van der Waals surface area (Å²) >= 11 is 6.02. The van der Waals surface area contributed by atoms with Gasteiger partial charge < -0.3 is 15.5 Å². The lowest BCUT2D eigenvalue weighted by atomic mass is 9.88. The van der Waals surface area contributed by atoms with Gasteiger partial charge in [0.1, 0.15) is 12.1 Å². The molecule has 0 aliphatic carbocycles. The summed E-state index contributed by atoms with van der Waals surface area (Å²) in [4.78, 5) is 52.4. The highest BCUT2D eigenvalue weighted by Crippen LogP contribution is 2.30. The molecule has 1 fully saturated rings. The number of para-hydroxylation sites is 1. The first kappa shape index (κ1) is 22.3. The van der Waals surface area contributed by atoms with Crippen molar-refractivity contribution in [3.05, 3.63) is 64.7 Å². The van der Waals surface area contributed by atoms with Crippen LogP contribution in [0.2, 0.25) is 5.02 Å². The summed E-state index contributed by atoms with van der Waals surface area (Å²) in [6, 6.07) is 13.3. The molecule has 0 spiro atoms. The monoisotopic (exact) mass is 442 g/mol. The molecule has 1 saturated heterocycles. The molecule has 162 valence electrons.